The molecule has 0 bridgehead atoms. The van der Waals surface area contributed by atoms with Gasteiger partial charge in [-0.3, -0.25) is 0 Å². The molecule has 0 saturated heterocycles. The van der Waals surface area contributed by atoms with Crippen LogP contribution >= 0.6 is 34.7 Å². The lowest BCUT2D eigenvalue weighted by atomic mass is 10.3. The Morgan fingerprint density at radius 3 is 2.76 bits per heavy atom. The number of thioether (sulfide) groups is 1. The second-order valence-electron chi connectivity index (χ2n) is 4.18. The van der Waals surface area contributed by atoms with Crippen LogP contribution in [0.15, 0.2) is 35.4 Å². The highest BCUT2D eigenvalue weighted by molar-refractivity contribution is 7.99. The van der Waals surface area contributed by atoms with Crippen molar-refractivity contribution in [2.24, 2.45) is 0 Å². The van der Waals surface area contributed by atoms with E-state index in [1.165, 1.54) is 18.0 Å². The Labute approximate surface area is 133 Å². The van der Waals surface area contributed by atoms with Gasteiger partial charge in [0.2, 0.25) is 0 Å². The van der Waals surface area contributed by atoms with E-state index in [4.69, 9.17) is 11.6 Å². The number of thiazole rings is 1. The Hall–Kier alpha value is -0.760. The van der Waals surface area contributed by atoms with E-state index in [2.05, 4.69) is 10.3 Å². The topological polar surface area (TPSA) is 24.9 Å². The molecule has 114 valence electrons. The van der Waals surface area contributed by atoms with Gasteiger partial charge in [0.05, 0.1) is 6.04 Å². The fourth-order valence-electron chi connectivity index (χ4n) is 1.62. The van der Waals surface area contributed by atoms with E-state index >= 15 is 0 Å². The quantitative estimate of drug-likeness (QED) is 0.777. The largest absolute Gasteiger partial charge is 0.443 e. The highest BCUT2D eigenvalue weighted by atomic mass is 35.5. The van der Waals surface area contributed by atoms with Crippen LogP contribution in [0.2, 0.25) is 5.02 Å². The van der Waals surface area contributed by atoms with E-state index in [1.54, 1.807) is 13.1 Å². The second-order valence-corrected chi connectivity index (χ2v) is 6.77. The molecule has 1 unspecified atom stereocenters. The standard InChI is InChI=1S/C13H12ClF3N2S2/c1-18-10(7-20-9-4-2-3-8(14)5-9)11-6-19-12(21-11)13(15,16)17/h2-6,10,18H,7H2,1H3. The molecule has 0 radical (unpaired) electrons. The number of halogens is 4. The van der Waals surface area contributed by atoms with Crippen molar-refractivity contribution >= 4 is 34.7 Å². The molecular formula is C13H12ClF3N2S2. The predicted molar refractivity (Wildman–Crippen MR) is 81.1 cm³/mol. The maximum absolute atomic E-state index is 12.6. The summed E-state index contributed by atoms with van der Waals surface area (Å²) in [6.45, 7) is 0. The van der Waals surface area contributed by atoms with E-state index in [9.17, 15) is 13.2 Å². The van der Waals surface area contributed by atoms with Crippen LogP contribution in [0.25, 0.3) is 0 Å². The molecule has 0 saturated carbocycles. The van der Waals surface area contributed by atoms with Gasteiger partial charge < -0.3 is 5.32 Å². The molecule has 1 aromatic carbocycles. The number of nitrogens with one attached hydrogen (secondary N) is 1. The zero-order chi connectivity index (χ0) is 15.5. The van der Waals surface area contributed by atoms with E-state index in [0.29, 0.717) is 27.0 Å². The number of benzene rings is 1. The summed E-state index contributed by atoms with van der Waals surface area (Å²) in [5, 5.41) is 2.84. The van der Waals surface area contributed by atoms with Gasteiger partial charge in [0.25, 0.3) is 0 Å². The SMILES string of the molecule is CNC(CSc1cccc(Cl)c1)c1cnc(C(F)(F)F)s1. The molecule has 1 atom stereocenters. The van der Waals surface area contributed by atoms with Gasteiger partial charge in [0, 0.05) is 26.7 Å². The van der Waals surface area contributed by atoms with Crippen LogP contribution in [-0.4, -0.2) is 17.8 Å². The van der Waals surface area contributed by atoms with Gasteiger partial charge in [-0.15, -0.1) is 23.1 Å². The monoisotopic (exact) mass is 352 g/mol. The average molecular weight is 353 g/mol. The van der Waals surface area contributed by atoms with Crippen molar-refractivity contribution in [1.82, 2.24) is 10.3 Å². The fourth-order valence-corrected chi connectivity index (χ4v) is 3.97. The minimum absolute atomic E-state index is 0.192. The lowest BCUT2D eigenvalue weighted by Crippen LogP contribution is -2.17. The molecule has 2 nitrogen and oxygen atoms in total. The smallest absolute Gasteiger partial charge is 0.312 e. The zero-order valence-electron chi connectivity index (χ0n) is 10.9. The van der Waals surface area contributed by atoms with Gasteiger partial charge in [-0.1, -0.05) is 17.7 Å². The van der Waals surface area contributed by atoms with Crippen molar-refractivity contribution in [3.8, 4) is 0 Å². The van der Waals surface area contributed by atoms with Gasteiger partial charge in [0.15, 0.2) is 5.01 Å². The maximum atomic E-state index is 12.6. The zero-order valence-corrected chi connectivity index (χ0v) is 13.3. The molecule has 21 heavy (non-hydrogen) atoms. The first-order chi connectivity index (χ1) is 9.90. The molecule has 1 N–H and O–H groups in total. The maximum Gasteiger partial charge on any atom is 0.443 e. The van der Waals surface area contributed by atoms with Crippen LogP contribution in [-0.2, 0) is 6.18 Å². The Kier molecular flexibility index (Phi) is 5.54. The highest BCUT2D eigenvalue weighted by Crippen LogP contribution is 2.35. The molecule has 0 aliphatic heterocycles. The van der Waals surface area contributed by atoms with Crippen LogP contribution in [0.5, 0.6) is 0 Å². The van der Waals surface area contributed by atoms with Crippen LogP contribution in [0, 0.1) is 0 Å². The predicted octanol–water partition coefficient (Wildman–Crippen LogP) is 4.87. The molecule has 0 amide bonds. The van der Waals surface area contributed by atoms with Crippen LogP contribution in [0.1, 0.15) is 15.9 Å². The summed E-state index contributed by atoms with van der Waals surface area (Å²) in [6, 6.07) is 7.17. The summed E-state index contributed by atoms with van der Waals surface area (Å²) in [6.07, 6.45) is -3.10. The number of hydrogen-bond acceptors (Lipinski definition) is 4. The van der Waals surface area contributed by atoms with Crippen molar-refractivity contribution < 1.29 is 13.2 Å². The third-order valence-electron chi connectivity index (χ3n) is 2.67. The first-order valence-electron chi connectivity index (χ1n) is 5.98. The van der Waals surface area contributed by atoms with Crippen molar-refractivity contribution in [1.29, 1.82) is 0 Å². The normalized spacial score (nSPS) is 13.4. The summed E-state index contributed by atoms with van der Waals surface area (Å²) >= 11 is 8.10. The molecule has 0 aliphatic carbocycles. The third-order valence-corrected chi connectivity index (χ3v) is 5.15. The summed E-state index contributed by atoms with van der Waals surface area (Å²) in [7, 11) is 1.72. The van der Waals surface area contributed by atoms with Crippen molar-refractivity contribution in [3.05, 3.63) is 45.4 Å². The van der Waals surface area contributed by atoms with Crippen molar-refractivity contribution in [3.63, 3.8) is 0 Å². The molecule has 1 heterocycles. The summed E-state index contributed by atoms with van der Waals surface area (Å²) in [5.41, 5.74) is 0. The first-order valence-corrected chi connectivity index (χ1v) is 8.16. The second kappa shape index (κ2) is 7.00. The highest BCUT2D eigenvalue weighted by Gasteiger charge is 2.35. The molecule has 1 aromatic heterocycles. The van der Waals surface area contributed by atoms with Crippen molar-refractivity contribution in [2.75, 3.05) is 12.8 Å². The number of alkyl halides is 3. The first kappa shape index (κ1) is 16.6. The molecule has 0 aliphatic rings. The van der Waals surface area contributed by atoms with Crippen LogP contribution in [0.3, 0.4) is 0 Å². The lowest BCUT2D eigenvalue weighted by Gasteiger charge is -2.13. The molecule has 8 heteroatoms. The Morgan fingerprint density at radius 1 is 1.43 bits per heavy atom. The minimum Gasteiger partial charge on any atom is -0.312 e. The third kappa shape index (κ3) is 4.60. The van der Waals surface area contributed by atoms with E-state index in [-0.39, 0.29) is 6.04 Å². The number of rotatable bonds is 5. The number of hydrogen-bond donors (Lipinski definition) is 1. The Bertz CT molecular complexity index is 601. The van der Waals surface area contributed by atoms with Gasteiger partial charge in [-0.2, -0.15) is 13.2 Å². The van der Waals surface area contributed by atoms with Crippen LogP contribution in [0.4, 0.5) is 13.2 Å². The number of aromatic nitrogens is 1. The van der Waals surface area contributed by atoms with E-state index in [1.807, 2.05) is 18.2 Å². The Morgan fingerprint density at radius 2 is 2.19 bits per heavy atom. The van der Waals surface area contributed by atoms with E-state index in [0.717, 1.165) is 4.90 Å². The average Bonchev–Trinajstić information content (AvgIpc) is 2.89. The summed E-state index contributed by atoms with van der Waals surface area (Å²) < 4.78 is 37.7. The molecule has 2 rings (SSSR count). The number of nitrogens with zero attached hydrogens (tertiary/aromatic N) is 1. The van der Waals surface area contributed by atoms with Gasteiger partial charge >= 0.3 is 6.18 Å². The minimum atomic E-state index is -4.39. The Balaban J connectivity index is 2.05. The van der Waals surface area contributed by atoms with Gasteiger partial charge in [-0.25, -0.2) is 4.98 Å². The fraction of sp³-hybridized carbons (Fsp3) is 0.308. The molecule has 0 fully saturated rings. The van der Waals surface area contributed by atoms with Gasteiger partial charge in [0.1, 0.15) is 0 Å². The van der Waals surface area contributed by atoms with Crippen LogP contribution < -0.4 is 5.32 Å². The summed E-state index contributed by atoms with van der Waals surface area (Å²) in [5.74, 6) is 0.594. The summed E-state index contributed by atoms with van der Waals surface area (Å²) in [4.78, 5) is 4.99. The molecular weight excluding hydrogens is 341 g/mol. The van der Waals surface area contributed by atoms with E-state index < -0.39 is 11.2 Å². The lowest BCUT2D eigenvalue weighted by molar-refractivity contribution is -0.137. The molecule has 2 aromatic rings. The molecule has 0 spiro atoms. The van der Waals surface area contributed by atoms with Gasteiger partial charge in [-0.05, 0) is 25.2 Å². The van der Waals surface area contributed by atoms with Crippen molar-refractivity contribution in [2.45, 2.75) is 17.1 Å².